The van der Waals surface area contributed by atoms with Gasteiger partial charge in [0.15, 0.2) is 0 Å². The minimum Gasteiger partial charge on any atom is -0.381 e. The highest BCUT2D eigenvalue weighted by Gasteiger charge is 2.31. The molecular weight excluding hydrogens is 257 g/mol. The van der Waals surface area contributed by atoms with Crippen LogP contribution >= 0.6 is 0 Å². The Morgan fingerprint density at radius 1 is 1.26 bits per heavy atom. The molecule has 2 rings (SSSR count). The molecule has 0 atom stereocenters. The lowest BCUT2D eigenvalue weighted by molar-refractivity contribution is -0.137. The Morgan fingerprint density at radius 2 is 1.95 bits per heavy atom. The number of rotatable bonds is 2. The first-order chi connectivity index (χ1) is 9.00. The fraction of sp³-hybridized carbons (Fsp3) is 0.462. The molecular formula is C13H13F3N2O. The standard InChI is InChI=1S/C13H13F3N2O/c14-13(15,16)10-1-2-12(9(7-10)8-17)18-11-3-5-19-6-4-11/h1-2,7,11,18H,3-6H2. The molecule has 1 heterocycles. The van der Waals surface area contributed by atoms with Crippen molar-refractivity contribution in [2.24, 2.45) is 0 Å². The zero-order valence-electron chi connectivity index (χ0n) is 10.1. The number of anilines is 1. The van der Waals surface area contributed by atoms with Gasteiger partial charge in [-0.25, -0.2) is 0 Å². The van der Waals surface area contributed by atoms with E-state index in [-0.39, 0.29) is 11.6 Å². The van der Waals surface area contributed by atoms with Crippen molar-refractivity contribution in [3.63, 3.8) is 0 Å². The van der Waals surface area contributed by atoms with Crippen molar-refractivity contribution in [1.82, 2.24) is 0 Å². The first-order valence-electron chi connectivity index (χ1n) is 5.96. The summed E-state index contributed by atoms with van der Waals surface area (Å²) in [7, 11) is 0. The summed E-state index contributed by atoms with van der Waals surface area (Å²) >= 11 is 0. The molecule has 0 saturated carbocycles. The van der Waals surface area contributed by atoms with E-state index in [9.17, 15) is 13.2 Å². The maximum atomic E-state index is 12.5. The normalized spacial score (nSPS) is 16.9. The minimum atomic E-state index is -4.43. The highest BCUT2D eigenvalue weighted by atomic mass is 19.4. The molecule has 1 aromatic rings. The number of nitrogens with zero attached hydrogens (tertiary/aromatic N) is 1. The van der Waals surface area contributed by atoms with Gasteiger partial charge in [0.2, 0.25) is 0 Å². The van der Waals surface area contributed by atoms with Crippen LogP contribution in [-0.2, 0) is 10.9 Å². The van der Waals surface area contributed by atoms with Crippen LogP contribution in [0.3, 0.4) is 0 Å². The van der Waals surface area contributed by atoms with Crippen molar-refractivity contribution in [2.45, 2.75) is 25.1 Å². The lowest BCUT2D eigenvalue weighted by Crippen LogP contribution is -2.28. The van der Waals surface area contributed by atoms with Crippen LogP contribution < -0.4 is 5.32 Å². The van der Waals surface area contributed by atoms with E-state index < -0.39 is 11.7 Å². The number of benzene rings is 1. The van der Waals surface area contributed by atoms with Crippen molar-refractivity contribution in [3.05, 3.63) is 29.3 Å². The zero-order chi connectivity index (χ0) is 13.9. The van der Waals surface area contributed by atoms with Crippen LogP contribution in [0.5, 0.6) is 0 Å². The van der Waals surface area contributed by atoms with E-state index in [0.29, 0.717) is 18.9 Å². The maximum Gasteiger partial charge on any atom is 0.416 e. The van der Waals surface area contributed by atoms with E-state index in [1.54, 1.807) is 6.07 Å². The van der Waals surface area contributed by atoms with Crippen molar-refractivity contribution in [3.8, 4) is 6.07 Å². The van der Waals surface area contributed by atoms with E-state index in [1.807, 2.05) is 0 Å². The fourth-order valence-corrected chi connectivity index (χ4v) is 2.00. The topological polar surface area (TPSA) is 45.0 Å². The summed E-state index contributed by atoms with van der Waals surface area (Å²) in [6, 6.07) is 5.12. The van der Waals surface area contributed by atoms with Crippen molar-refractivity contribution in [1.29, 1.82) is 5.26 Å². The Hall–Kier alpha value is -1.74. The zero-order valence-corrected chi connectivity index (χ0v) is 10.1. The van der Waals surface area contributed by atoms with Gasteiger partial charge in [0.25, 0.3) is 0 Å². The second-order valence-electron chi connectivity index (χ2n) is 4.40. The predicted octanol–water partition coefficient (Wildman–Crippen LogP) is 3.17. The van der Waals surface area contributed by atoms with Crippen LogP contribution in [0.4, 0.5) is 18.9 Å². The molecule has 0 spiro atoms. The van der Waals surface area contributed by atoms with Gasteiger partial charge in [0.05, 0.1) is 16.8 Å². The largest absolute Gasteiger partial charge is 0.416 e. The van der Waals surface area contributed by atoms with Crippen LogP contribution in [0.1, 0.15) is 24.0 Å². The number of hydrogen-bond donors (Lipinski definition) is 1. The summed E-state index contributed by atoms with van der Waals surface area (Å²) in [4.78, 5) is 0. The molecule has 1 aliphatic heterocycles. The molecule has 1 saturated heterocycles. The maximum absolute atomic E-state index is 12.5. The molecule has 3 nitrogen and oxygen atoms in total. The second-order valence-corrected chi connectivity index (χ2v) is 4.40. The molecule has 19 heavy (non-hydrogen) atoms. The summed E-state index contributed by atoms with van der Waals surface area (Å²) in [5.74, 6) is 0. The van der Waals surface area contributed by atoms with Gasteiger partial charge < -0.3 is 10.1 Å². The van der Waals surface area contributed by atoms with Gasteiger partial charge in [-0.1, -0.05) is 0 Å². The molecule has 102 valence electrons. The van der Waals surface area contributed by atoms with Gasteiger partial charge in [0.1, 0.15) is 6.07 Å². The number of halogens is 3. The molecule has 0 aromatic heterocycles. The Labute approximate surface area is 109 Å². The van der Waals surface area contributed by atoms with E-state index in [1.165, 1.54) is 6.07 Å². The second kappa shape index (κ2) is 5.49. The summed E-state index contributed by atoms with van der Waals surface area (Å²) in [5, 5.41) is 12.1. The third kappa shape index (κ3) is 3.38. The number of nitrogens with one attached hydrogen (secondary N) is 1. The number of hydrogen-bond acceptors (Lipinski definition) is 3. The van der Waals surface area contributed by atoms with Gasteiger partial charge in [-0.2, -0.15) is 18.4 Å². The first-order valence-corrected chi connectivity index (χ1v) is 5.96. The SMILES string of the molecule is N#Cc1cc(C(F)(F)F)ccc1NC1CCOCC1. The monoisotopic (exact) mass is 270 g/mol. The average molecular weight is 270 g/mol. The molecule has 0 amide bonds. The Bertz CT molecular complexity index is 488. The number of alkyl halides is 3. The third-order valence-electron chi connectivity index (χ3n) is 3.05. The molecule has 1 fully saturated rings. The summed E-state index contributed by atoms with van der Waals surface area (Å²) in [6.45, 7) is 1.25. The van der Waals surface area contributed by atoms with Gasteiger partial charge in [-0.3, -0.25) is 0 Å². The smallest absolute Gasteiger partial charge is 0.381 e. The van der Waals surface area contributed by atoms with Gasteiger partial charge in [0, 0.05) is 19.3 Å². The fourth-order valence-electron chi connectivity index (χ4n) is 2.00. The molecule has 6 heteroatoms. The van der Waals surface area contributed by atoms with Crippen LogP contribution in [-0.4, -0.2) is 19.3 Å². The Morgan fingerprint density at radius 3 is 2.53 bits per heavy atom. The van der Waals surface area contributed by atoms with Crippen molar-refractivity contribution in [2.75, 3.05) is 18.5 Å². The third-order valence-corrected chi connectivity index (χ3v) is 3.05. The average Bonchev–Trinajstić information content (AvgIpc) is 2.39. The van der Waals surface area contributed by atoms with Gasteiger partial charge >= 0.3 is 6.18 Å². The molecule has 0 bridgehead atoms. The first kappa shape index (κ1) is 13.7. The number of ether oxygens (including phenoxy) is 1. The van der Waals surface area contributed by atoms with Crippen molar-refractivity contribution < 1.29 is 17.9 Å². The summed E-state index contributed by atoms with van der Waals surface area (Å²) < 4.78 is 42.8. The van der Waals surface area contributed by atoms with Crippen molar-refractivity contribution >= 4 is 5.69 Å². The van der Waals surface area contributed by atoms with Gasteiger partial charge in [-0.15, -0.1) is 0 Å². The minimum absolute atomic E-state index is 0.0151. The lowest BCUT2D eigenvalue weighted by atomic mass is 10.1. The van der Waals surface area contributed by atoms with Crippen LogP contribution in [0.15, 0.2) is 18.2 Å². The van der Waals surface area contributed by atoms with E-state index in [4.69, 9.17) is 10.00 Å². The molecule has 1 aliphatic rings. The van der Waals surface area contributed by atoms with Crippen LogP contribution in [0, 0.1) is 11.3 Å². The van der Waals surface area contributed by atoms with E-state index >= 15 is 0 Å². The molecule has 1 N–H and O–H groups in total. The van der Waals surface area contributed by atoms with Crippen LogP contribution in [0.2, 0.25) is 0 Å². The summed E-state index contributed by atoms with van der Waals surface area (Å²) in [5.41, 5.74) is -0.342. The highest BCUT2D eigenvalue weighted by Crippen LogP contribution is 2.32. The molecule has 0 unspecified atom stereocenters. The molecule has 1 aromatic carbocycles. The van der Waals surface area contributed by atoms with E-state index in [2.05, 4.69) is 5.32 Å². The molecule has 0 radical (unpaired) electrons. The Kier molecular flexibility index (Phi) is 3.96. The Balaban J connectivity index is 2.19. The predicted molar refractivity (Wildman–Crippen MR) is 63.6 cm³/mol. The van der Waals surface area contributed by atoms with E-state index in [0.717, 1.165) is 25.0 Å². The molecule has 0 aliphatic carbocycles. The van der Waals surface area contributed by atoms with Gasteiger partial charge in [-0.05, 0) is 31.0 Å². The number of nitriles is 1. The summed E-state index contributed by atoms with van der Waals surface area (Å²) in [6.07, 6.45) is -2.86. The highest BCUT2D eigenvalue weighted by molar-refractivity contribution is 5.59. The van der Waals surface area contributed by atoms with Crippen LogP contribution in [0.25, 0.3) is 0 Å². The lowest BCUT2D eigenvalue weighted by Gasteiger charge is -2.24. The quantitative estimate of drug-likeness (QED) is 0.897.